The highest BCUT2D eigenvalue weighted by Gasteiger charge is 2.22. The lowest BCUT2D eigenvalue weighted by Gasteiger charge is -2.19. The first-order valence-electron chi connectivity index (χ1n) is 13.8. The van der Waals surface area contributed by atoms with Crippen LogP contribution < -0.4 is 14.8 Å². The summed E-state index contributed by atoms with van der Waals surface area (Å²) in [6, 6.07) is 14.9. The number of aryl methyl sites for hydroxylation is 1. The van der Waals surface area contributed by atoms with Crippen LogP contribution in [0.3, 0.4) is 0 Å². The molecule has 3 rings (SSSR count). The van der Waals surface area contributed by atoms with E-state index in [4.69, 9.17) is 9.47 Å². The van der Waals surface area contributed by atoms with Crippen LogP contribution in [0.25, 0.3) is 0 Å². The zero-order valence-electron chi connectivity index (χ0n) is 22.5. The number of ether oxygens (including phenoxy) is 3. The molecule has 0 unspecified atom stereocenters. The van der Waals surface area contributed by atoms with Crippen LogP contribution in [-0.4, -0.2) is 44.5 Å². The molecule has 1 aliphatic rings. The van der Waals surface area contributed by atoms with E-state index < -0.39 is 6.04 Å². The zero-order chi connectivity index (χ0) is 27.0. The Morgan fingerprint density at radius 1 is 0.921 bits per heavy atom. The van der Waals surface area contributed by atoms with Crippen molar-refractivity contribution in [3.05, 3.63) is 59.7 Å². The van der Waals surface area contributed by atoms with Crippen molar-refractivity contribution in [2.24, 2.45) is 5.92 Å². The van der Waals surface area contributed by atoms with Crippen LogP contribution in [0.1, 0.15) is 68.9 Å². The van der Waals surface area contributed by atoms with Crippen molar-refractivity contribution >= 4 is 18.2 Å². The lowest BCUT2D eigenvalue weighted by Crippen LogP contribution is -2.42. The molecule has 1 atom stereocenters. The first-order valence-corrected chi connectivity index (χ1v) is 13.8. The molecule has 1 N–H and O–H groups in total. The molecule has 1 fully saturated rings. The molecular weight excluding hydrogens is 482 g/mol. The molecule has 1 aliphatic carbocycles. The predicted octanol–water partition coefficient (Wildman–Crippen LogP) is 5.23. The maximum atomic E-state index is 13.2. The first kappa shape index (κ1) is 29.2. The lowest BCUT2D eigenvalue weighted by atomic mass is 9.97. The van der Waals surface area contributed by atoms with Crippen LogP contribution in [0.15, 0.2) is 48.5 Å². The van der Waals surface area contributed by atoms with Gasteiger partial charge < -0.3 is 19.5 Å². The Balaban J connectivity index is 1.53. The van der Waals surface area contributed by atoms with E-state index in [2.05, 4.69) is 10.1 Å². The summed E-state index contributed by atoms with van der Waals surface area (Å²) < 4.78 is 15.6. The summed E-state index contributed by atoms with van der Waals surface area (Å²) in [6.07, 6.45) is 9.28. The second kappa shape index (κ2) is 16.5. The molecule has 0 heterocycles. The molecule has 0 spiro atoms. The van der Waals surface area contributed by atoms with Crippen LogP contribution in [0.4, 0.5) is 0 Å². The summed E-state index contributed by atoms with van der Waals surface area (Å²) in [6.45, 7) is 1.20. The van der Waals surface area contributed by atoms with Crippen molar-refractivity contribution in [3.8, 4) is 11.5 Å². The van der Waals surface area contributed by atoms with Crippen molar-refractivity contribution in [1.82, 2.24) is 5.32 Å². The van der Waals surface area contributed by atoms with E-state index in [1.54, 1.807) is 7.11 Å². The van der Waals surface area contributed by atoms with Crippen molar-refractivity contribution in [2.45, 2.75) is 76.7 Å². The highest BCUT2D eigenvalue weighted by molar-refractivity contribution is 5.89. The number of carbonyl (C=O) groups is 3. The molecule has 1 amide bonds. The number of hydrogen-bond donors (Lipinski definition) is 1. The minimum atomic E-state index is -0.547. The quantitative estimate of drug-likeness (QED) is 0.213. The number of ketones is 1. The maximum Gasteiger partial charge on any atom is 0.293 e. The van der Waals surface area contributed by atoms with Gasteiger partial charge in [0.25, 0.3) is 6.47 Å². The Kier molecular flexibility index (Phi) is 12.7. The molecule has 2 aromatic rings. The molecule has 7 heteroatoms. The molecule has 206 valence electrons. The summed E-state index contributed by atoms with van der Waals surface area (Å²) in [5, 5.41) is 3.04. The van der Waals surface area contributed by atoms with E-state index in [-0.39, 0.29) is 11.7 Å². The molecule has 0 radical (unpaired) electrons. The number of benzene rings is 2. The summed E-state index contributed by atoms with van der Waals surface area (Å²) >= 11 is 0. The average molecular weight is 524 g/mol. The normalized spacial score (nSPS) is 14.0. The fraction of sp³-hybridized carbons (Fsp3) is 0.516. The van der Waals surface area contributed by atoms with Crippen molar-refractivity contribution in [3.63, 3.8) is 0 Å². The number of hydrogen-bond acceptors (Lipinski definition) is 6. The Hall–Kier alpha value is -3.35. The smallest absolute Gasteiger partial charge is 0.293 e. The standard InChI is InChI=1S/C31H41NO6/c1-36-27-15-10-25(11-16-27)8-4-9-30(34)29(32-31(35)19-14-24-6-2-3-7-24)22-26-12-17-28(18-13-26)38-21-5-20-37-23-33/h10-13,15-18,23-24,29H,2-9,14,19-22H2,1H3,(H,32,35)/t29-/m0/s1. The van der Waals surface area contributed by atoms with E-state index in [1.807, 2.05) is 48.5 Å². The SMILES string of the molecule is COc1ccc(CCCC(=O)[C@H](Cc2ccc(OCCCOC=O)cc2)NC(=O)CCC2CCCC2)cc1. The summed E-state index contributed by atoms with van der Waals surface area (Å²) in [7, 11) is 1.64. The Bertz CT molecular complexity index is 982. The van der Waals surface area contributed by atoms with Gasteiger partial charge in [-0.25, -0.2) is 0 Å². The van der Waals surface area contributed by atoms with Gasteiger partial charge in [0.2, 0.25) is 5.91 Å². The molecule has 0 aromatic heterocycles. The van der Waals surface area contributed by atoms with Gasteiger partial charge in [0.1, 0.15) is 11.5 Å². The van der Waals surface area contributed by atoms with Gasteiger partial charge in [-0.3, -0.25) is 14.4 Å². The summed E-state index contributed by atoms with van der Waals surface area (Å²) in [5.41, 5.74) is 2.12. The van der Waals surface area contributed by atoms with Crippen LogP contribution in [0.2, 0.25) is 0 Å². The highest BCUT2D eigenvalue weighted by atomic mass is 16.5. The second-order valence-corrected chi connectivity index (χ2v) is 9.99. The molecule has 0 saturated heterocycles. The minimum absolute atomic E-state index is 0.0390. The number of rotatable bonds is 18. The van der Waals surface area contributed by atoms with Crippen LogP contribution >= 0.6 is 0 Å². The third-order valence-electron chi connectivity index (χ3n) is 7.13. The first-order chi connectivity index (χ1) is 18.6. The Labute approximate surface area is 226 Å². The van der Waals surface area contributed by atoms with Crippen molar-refractivity contribution in [1.29, 1.82) is 0 Å². The minimum Gasteiger partial charge on any atom is -0.497 e. The number of Topliss-reactive ketones (excluding diaryl/α,β-unsaturated/α-hetero) is 1. The topological polar surface area (TPSA) is 90.9 Å². The number of methoxy groups -OCH3 is 1. The van der Waals surface area contributed by atoms with E-state index >= 15 is 0 Å². The van der Waals surface area contributed by atoms with Crippen LogP contribution in [0, 0.1) is 5.92 Å². The maximum absolute atomic E-state index is 13.2. The molecule has 1 saturated carbocycles. The molecule has 7 nitrogen and oxygen atoms in total. The second-order valence-electron chi connectivity index (χ2n) is 9.99. The highest BCUT2D eigenvalue weighted by Crippen LogP contribution is 2.28. The van der Waals surface area contributed by atoms with E-state index in [9.17, 15) is 14.4 Å². The average Bonchev–Trinajstić information content (AvgIpc) is 3.46. The van der Waals surface area contributed by atoms with Gasteiger partial charge in [-0.05, 0) is 67.0 Å². The van der Waals surface area contributed by atoms with Crippen molar-refractivity contribution in [2.75, 3.05) is 20.3 Å². The fourth-order valence-corrected chi connectivity index (χ4v) is 4.92. The van der Waals surface area contributed by atoms with Gasteiger partial charge in [-0.1, -0.05) is 49.9 Å². The summed E-state index contributed by atoms with van der Waals surface area (Å²) in [4.78, 5) is 36.2. The van der Waals surface area contributed by atoms with Crippen LogP contribution in [-0.2, 0) is 32.0 Å². The van der Waals surface area contributed by atoms with E-state index in [1.165, 1.54) is 25.7 Å². The number of amides is 1. The van der Waals surface area contributed by atoms with Crippen molar-refractivity contribution < 1.29 is 28.6 Å². The Morgan fingerprint density at radius 3 is 2.29 bits per heavy atom. The van der Waals surface area contributed by atoms with Gasteiger partial charge in [-0.15, -0.1) is 0 Å². The third kappa shape index (κ3) is 10.6. The number of nitrogens with one attached hydrogen (secondary N) is 1. The Morgan fingerprint density at radius 2 is 1.61 bits per heavy atom. The van der Waals surface area contributed by atoms with Gasteiger partial charge in [0.15, 0.2) is 5.78 Å². The van der Waals surface area contributed by atoms with E-state index in [0.29, 0.717) is 57.0 Å². The summed E-state index contributed by atoms with van der Waals surface area (Å²) in [5.74, 6) is 2.18. The van der Waals surface area contributed by atoms with Gasteiger partial charge in [0.05, 0.1) is 26.4 Å². The van der Waals surface area contributed by atoms with Gasteiger partial charge in [-0.2, -0.15) is 0 Å². The molecule has 2 aromatic carbocycles. The fourth-order valence-electron chi connectivity index (χ4n) is 4.92. The van der Waals surface area contributed by atoms with Gasteiger partial charge in [0, 0.05) is 19.3 Å². The lowest BCUT2D eigenvalue weighted by molar-refractivity contribution is -0.129. The van der Waals surface area contributed by atoms with E-state index in [0.717, 1.165) is 36.1 Å². The number of carbonyl (C=O) groups excluding carboxylic acids is 3. The molecule has 0 bridgehead atoms. The molecule has 38 heavy (non-hydrogen) atoms. The molecule has 0 aliphatic heterocycles. The zero-order valence-corrected chi connectivity index (χ0v) is 22.5. The largest absolute Gasteiger partial charge is 0.497 e. The van der Waals surface area contributed by atoms with Crippen LogP contribution in [0.5, 0.6) is 11.5 Å². The van der Waals surface area contributed by atoms with Gasteiger partial charge >= 0.3 is 0 Å². The third-order valence-corrected chi connectivity index (χ3v) is 7.13. The molecular formula is C31H41NO6. The monoisotopic (exact) mass is 523 g/mol. The predicted molar refractivity (Wildman–Crippen MR) is 146 cm³/mol.